The second kappa shape index (κ2) is 7.52. The standard InChI is InChI=1S/C13H23BrN2S/c1-13(2,12-8-11(14)9-17-12)10-16-7-5-4-6-15-3/h8-9,15-16H,4-7,10H2,1-3H3. The van der Waals surface area contributed by atoms with Gasteiger partial charge in [0, 0.05) is 26.7 Å². The molecule has 1 aromatic rings. The molecule has 0 saturated heterocycles. The quantitative estimate of drug-likeness (QED) is 0.718. The van der Waals surface area contributed by atoms with E-state index in [1.807, 2.05) is 18.4 Å². The fourth-order valence-corrected chi connectivity index (χ4v) is 3.26. The SMILES string of the molecule is CNCCCCNCC(C)(C)c1cc(Br)cs1. The number of nitrogens with one attached hydrogen (secondary N) is 2. The molecule has 17 heavy (non-hydrogen) atoms. The summed E-state index contributed by atoms with van der Waals surface area (Å²) in [4.78, 5) is 1.44. The Balaban J connectivity index is 2.25. The maximum absolute atomic E-state index is 3.56. The van der Waals surface area contributed by atoms with Crippen LogP contribution < -0.4 is 10.6 Å². The molecule has 0 unspecified atom stereocenters. The molecule has 2 N–H and O–H groups in total. The largest absolute Gasteiger partial charge is 0.320 e. The van der Waals surface area contributed by atoms with E-state index in [1.165, 1.54) is 22.2 Å². The van der Waals surface area contributed by atoms with Crippen molar-refractivity contribution in [3.63, 3.8) is 0 Å². The minimum Gasteiger partial charge on any atom is -0.320 e. The van der Waals surface area contributed by atoms with Gasteiger partial charge < -0.3 is 10.6 Å². The fourth-order valence-electron chi connectivity index (χ4n) is 1.71. The van der Waals surface area contributed by atoms with Crippen molar-refractivity contribution in [1.82, 2.24) is 10.6 Å². The summed E-state index contributed by atoms with van der Waals surface area (Å²) in [7, 11) is 2.01. The van der Waals surface area contributed by atoms with E-state index in [0.717, 1.165) is 19.6 Å². The lowest BCUT2D eigenvalue weighted by atomic mass is 9.91. The van der Waals surface area contributed by atoms with Crippen molar-refractivity contribution in [3.05, 3.63) is 20.8 Å². The molecule has 2 nitrogen and oxygen atoms in total. The summed E-state index contributed by atoms with van der Waals surface area (Å²) in [6.07, 6.45) is 2.49. The van der Waals surface area contributed by atoms with Crippen molar-refractivity contribution in [2.24, 2.45) is 0 Å². The van der Waals surface area contributed by atoms with Crippen molar-refractivity contribution in [1.29, 1.82) is 0 Å². The maximum Gasteiger partial charge on any atom is 0.0285 e. The first kappa shape index (κ1) is 15.2. The third-order valence-electron chi connectivity index (χ3n) is 2.83. The predicted octanol–water partition coefficient (Wildman–Crippen LogP) is 3.38. The Labute approximate surface area is 117 Å². The lowest BCUT2D eigenvalue weighted by molar-refractivity contribution is 0.469. The Kier molecular flexibility index (Phi) is 6.70. The first-order valence-corrected chi connectivity index (χ1v) is 7.83. The van der Waals surface area contributed by atoms with Gasteiger partial charge in [-0.1, -0.05) is 13.8 Å². The summed E-state index contributed by atoms with van der Waals surface area (Å²) in [5.74, 6) is 0. The van der Waals surface area contributed by atoms with Crippen molar-refractivity contribution < 1.29 is 0 Å². The molecule has 0 saturated carbocycles. The van der Waals surface area contributed by atoms with Crippen LogP contribution in [0.25, 0.3) is 0 Å². The molecule has 0 aliphatic carbocycles. The van der Waals surface area contributed by atoms with E-state index in [4.69, 9.17) is 0 Å². The molecule has 0 amide bonds. The maximum atomic E-state index is 3.56. The number of halogens is 1. The summed E-state index contributed by atoms with van der Waals surface area (Å²) in [6.45, 7) is 7.86. The molecule has 1 rings (SSSR count). The lowest BCUT2D eigenvalue weighted by Gasteiger charge is -2.23. The minimum absolute atomic E-state index is 0.222. The average Bonchev–Trinajstić information content (AvgIpc) is 2.71. The summed E-state index contributed by atoms with van der Waals surface area (Å²) >= 11 is 5.35. The van der Waals surface area contributed by atoms with Gasteiger partial charge in [-0.05, 0) is 55.0 Å². The zero-order valence-electron chi connectivity index (χ0n) is 11.0. The molecule has 0 spiro atoms. The number of hydrogen-bond acceptors (Lipinski definition) is 3. The van der Waals surface area contributed by atoms with Gasteiger partial charge in [0.2, 0.25) is 0 Å². The van der Waals surface area contributed by atoms with Gasteiger partial charge in [0.05, 0.1) is 0 Å². The molecule has 0 aromatic carbocycles. The van der Waals surface area contributed by atoms with Crippen LogP contribution in [0.1, 0.15) is 31.6 Å². The Morgan fingerprint density at radius 1 is 1.29 bits per heavy atom. The third-order valence-corrected chi connectivity index (χ3v) is 4.89. The van der Waals surface area contributed by atoms with Crippen molar-refractivity contribution in [2.75, 3.05) is 26.7 Å². The van der Waals surface area contributed by atoms with Gasteiger partial charge in [0.15, 0.2) is 0 Å². The molecular formula is C13H23BrN2S. The van der Waals surface area contributed by atoms with Crippen LogP contribution in [0.2, 0.25) is 0 Å². The normalized spacial score (nSPS) is 12.0. The molecule has 4 heteroatoms. The predicted molar refractivity (Wildman–Crippen MR) is 81.1 cm³/mol. The van der Waals surface area contributed by atoms with E-state index in [2.05, 4.69) is 51.9 Å². The fraction of sp³-hybridized carbons (Fsp3) is 0.692. The van der Waals surface area contributed by atoms with E-state index >= 15 is 0 Å². The first-order chi connectivity index (χ1) is 8.06. The topological polar surface area (TPSA) is 24.1 Å². The lowest BCUT2D eigenvalue weighted by Crippen LogP contribution is -2.33. The summed E-state index contributed by atoms with van der Waals surface area (Å²) in [5, 5.41) is 8.88. The zero-order valence-corrected chi connectivity index (χ0v) is 13.4. The van der Waals surface area contributed by atoms with E-state index in [-0.39, 0.29) is 5.41 Å². The summed E-state index contributed by atoms with van der Waals surface area (Å²) < 4.78 is 1.19. The molecule has 98 valence electrons. The number of unbranched alkanes of at least 4 members (excludes halogenated alkanes) is 1. The van der Waals surface area contributed by atoms with Crippen LogP contribution in [-0.2, 0) is 5.41 Å². The molecule has 0 aliphatic rings. The van der Waals surface area contributed by atoms with Gasteiger partial charge in [-0.3, -0.25) is 0 Å². The zero-order chi connectivity index (χ0) is 12.7. The van der Waals surface area contributed by atoms with Gasteiger partial charge in [-0.25, -0.2) is 0 Å². The Hall–Kier alpha value is 0.1000. The average molecular weight is 319 g/mol. The Bertz CT molecular complexity index is 323. The molecule has 0 bridgehead atoms. The molecule has 0 atom stereocenters. The summed E-state index contributed by atoms with van der Waals surface area (Å²) in [5.41, 5.74) is 0.222. The molecule has 0 radical (unpaired) electrons. The van der Waals surface area contributed by atoms with Crippen LogP contribution in [-0.4, -0.2) is 26.7 Å². The Morgan fingerprint density at radius 2 is 2.00 bits per heavy atom. The van der Waals surface area contributed by atoms with Gasteiger partial charge >= 0.3 is 0 Å². The molecule has 0 fully saturated rings. The molecular weight excluding hydrogens is 296 g/mol. The Morgan fingerprint density at radius 3 is 2.59 bits per heavy atom. The monoisotopic (exact) mass is 318 g/mol. The molecule has 1 aromatic heterocycles. The van der Waals surface area contributed by atoms with Crippen LogP contribution in [0.5, 0.6) is 0 Å². The highest BCUT2D eigenvalue weighted by Crippen LogP contribution is 2.30. The van der Waals surface area contributed by atoms with Crippen LogP contribution >= 0.6 is 27.3 Å². The van der Waals surface area contributed by atoms with Crippen molar-refractivity contribution in [2.45, 2.75) is 32.1 Å². The smallest absolute Gasteiger partial charge is 0.0285 e. The van der Waals surface area contributed by atoms with E-state index < -0.39 is 0 Å². The second-order valence-corrected chi connectivity index (χ2v) is 6.83. The highest BCUT2D eigenvalue weighted by atomic mass is 79.9. The third kappa shape index (κ3) is 5.51. The van der Waals surface area contributed by atoms with E-state index in [0.29, 0.717) is 0 Å². The van der Waals surface area contributed by atoms with Crippen LogP contribution in [0.15, 0.2) is 15.9 Å². The number of rotatable bonds is 8. The van der Waals surface area contributed by atoms with Crippen molar-refractivity contribution >= 4 is 27.3 Å². The van der Waals surface area contributed by atoms with Gasteiger partial charge in [-0.2, -0.15) is 0 Å². The van der Waals surface area contributed by atoms with Crippen LogP contribution in [0.4, 0.5) is 0 Å². The minimum atomic E-state index is 0.222. The van der Waals surface area contributed by atoms with Crippen LogP contribution in [0, 0.1) is 0 Å². The number of hydrogen-bond donors (Lipinski definition) is 2. The van der Waals surface area contributed by atoms with Crippen LogP contribution in [0.3, 0.4) is 0 Å². The summed E-state index contributed by atoms with van der Waals surface area (Å²) in [6, 6.07) is 2.23. The molecule has 0 aliphatic heterocycles. The molecule has 1 heterocycles. The number of thiophene rings is 1. The van der Waals surface area contributed by atoms with Gasteiger partial charge in [-0.15, -0.1) is 11.3 Å². The van der Waals surface area contributed by atoms with Crippen molar-refractivity contribution in [3.8, 4) is 0 Å². The van der Waals surface area contributed by atoms with Gasteiger partial charge in [0.1, 0.15) is 0 Å². The van der Waals surface area contributed by atoms with Gasteiger partial charge in [0.25, 0.3) is 0 Å². The highest BCUT2D eigenvalue weighted by molar-refractivity contribution is 9.10. The first-order valence-electron chi connectivity index (χ1n) is 6.16. The highest BCUT2D eigenvalue weighted by Gasteiger charge is 2.21. The van der Waals surface area contributed by atoms with E-state index in [1.54, 1.807) is 0 Å². The second-order valence-electron chi connectivity index (χ2n) is 5.00. The van der Waals surface area contributed by atoms with E-state index in [9.17, 15) is 0 Å².